The minimum atomic E-state index is 0.942. The first-order valence-corrected chi connectivity index (χ1v) is 12.5. The van der Waals surface area contributed by atoms with Crippen molar-refractivity contribution >= 4 is 22.2 Å². The number of aryl methyl sites for hydroxylation is 1. The Balaban J connectivity index is 1.17. The van der Waals surface area contributed by atoms with Gasteiger partial charge in [-0.2, -0.15) is 10.2 Å². The number of nitrogens with zero attached hydrogens (tertiary/aromatic N) is 4. The lowest BCUT2D eigenvalue weighted by atomic mass is 10.0. The van der Waals surface area contributed by atoms with Gasteiger partial charge in [0, 0.05) is 51.8 Å². The Morgan fingerprint density at radius 3 is 2.67 bits per heavy atom. The number of rotatable bonds is 4. The van der Waals surface area contributed by atoms with E-state index in [0.29, 0.717) is 0 Å². The van der Waals surface area contributed by atoms with E-state index in [4.69, 9.17) is 5.10 Å². The fourth-order valence-electron chi connectivity index (χ4n) is 5.34. The maximum absolute atomic E-state index is 4.72. The summed E-state index contributed by atoms with van der Waals surface area (Å²) in [6, 6.07) is 18.0. The number of likely N-dealkylation sites (tertiary alicyclic amines) is 1. The molecule has 6 heteroatoms. The van der Waals surface area contributed by atoms with E-state index in [2.05, 4.69) is 63.6 Å². The van der Waals surface area contributed by atoms with Gasteiger partial charge in [-0.1, -0.05) is 36.4 Å². The second kappa shape index (κ2) is 7.40. The summed E-state index contributed by atoms with van der Waals surface area (Å²) >= 11 is 1.91. The standard InChI is InChI=1S/C27H25N5S/c1-31-23-12-19(8-9-20(23)15-28-31)26-22-14-25-21(27(22)30-29-26)13-24(33-25)18-6-4-17(5-7-18)16-32-10-2-3-11-32/h4-9,12-13,15H,2-3,10-11,14,16H2,1H3,(H,29,30). The maximum Gasteiger partial charge on any atom is 0.0963 e. The number of hydrogen-bond acceptors (Lipinski definition) is 4. The highest BCUT2D eigenvalue weighted by Gasteiger charge is 2.28. The topological polar surface area (TPSA) is 49.7 Å². The van der Waals surface area contributed by atoms with Gasteiger partial charge in [0.25, 0.3) is 0 Å². The van der Waals surface area contributed by atoms with Crippen molar-refractivity contribution in [3.8, 4) is 33.0 Å². The predicted octanol–water partition coefficient (Wildman–Crippen LogP) is 5.86. The van der Waals surface area contributed by atoms with E-state index >= 15 is 0 Å². The third kappa shape index (κ3) is 3.16. The molecule has 164 valence electrons. The van der Waals surface area contributed by atoms with Gasteiger partial charge in [-0.25, -0.2) is 0 Å². The quantitative estimate of drug-likeness (QED) is 0.365. The molecule has 5 nitrogen and oxygen atoms in total. The summed E-state index contributed by atoms with van der Waals surface area (Å²) in [5, 5.41) is 13.6. The van der Waals surface area contributed by atoms with Crippen LogP contribution in [0.3, 0.4) is 0 Å². The van der Waals surface area contributed by atoms with Gasteiger partial charge in [0.2, 0.25) is 0 Å². The van der Waals surface area contributed by atoms with Crippen LogP contribution in [-0.2, 0) is 20.0 Å². The summed E-state index contributed by atoms with van der Waals surface area (Å²) in [5.74, 6) is 0. The fourth-order valence-corrected chi connectivity index (χ4v) is 6.52. The number of hydrogen-bond donors (Lipinski definition) is 1. The summed E-state index contributed by atoms with van der Waals surface area (Å²) in [4.78, 5) is 5.32. The second-order valence-electron chi connectivity index (χ2n) is 9.27. The molecule has 1 fully saturated rings. The van der Waals surface area contributed by atoms with Crippen LogP contribution >= 0.6 is 11.3 Å². The van der Waals surface area contributed by atoms with Crippen LogP contribution in [0, 0.1) is 0 Å². The van der Waals surface area contributed by atoms with Crippen molar-refractivity contribution in [1.29, 1.82) is 0 Å². The van der Waals surface area contributed by atoms with Crippen LogP contribution in [-0.4, -0.2) is 38.0 Å². The van der Waals surface area contributed by atoms with Crippen molar-refractivity contribution in [3.63, 3.8) is 0 Å². The van der Waals surface area contributed by atoms with Gasteiger partial charge in [-0.15, -0.1) is 11.3 Å². The first-order valence-electron chi connectivity index (χ1n) is 11.7. The first kappa shape index (κ1) is 19.3. The van der Waals surface area contributed by atoms with Gasteiger partial charge in [-0.3, -0.25) is 14.7 Å². The molecule has 0 bridgehead atoms. The predicted molar refractivity (Wildman–Crippen MR) is 134 cm³/mol. The monoisotopic (exact) mass is 451 g/mol. The average molecular weight is 452 g/mol. The van der Waals surface area contributed by atoms with Crippen molar-refractivity contribution in [2.75, 3.05) is 13.1 Å². The normalized spacial score (nSPS) is 15.4. The van der Waals surface area contributed by atoms with Gasteiger partial charge >= 0.3 is 0 Å². The third-order valence-electron chi connectivity index (χ3n) is 7.15. The van der Waals surface area contributed by atoms with Crippen molar-refractivity contribution in [1.82, 2.24) is 24.9 Å². The Morgan fingerprint density at radius 2 is 1.82 bits per heavy atom. The Hall–Kier alpha value is -3.22. The van der Waals surface area contributed by atoms with E-state index in [1.54, 1.807) is 0 Å². The van der Waals surface area contributed by atoms with Crippen molar-refractivity contribution in [3.05, 3.63) is 70.7 Å². The molecule has 0 amide bonds. The lowest BCUT2D eigenvalue weighted by molar-refractivity contribution is 0.331. The van der Waals surface area contributed by atoms with Gasteiger partial charge in [0.1, 0.15) is 0 Å². The van der Waals surface area contributed by atoms with Crippen molar-refractivity contribution in [2.24, 2.45) is 7.05 Å². The molecule has 0 unspecified atom stereocenters. The minimum Gasteiger partial charge on any atom is -0.299 e. The lowest BCUT2D eigenvalue weighted by Gasteiger charge is -2.14. The molecule has 0 spiro atoms. The van der Waals surface area contributed by atoms with Crippen LogP contribution < -0.4 is 0 Å². The van der Waals surface area contributed by atoms with Crippen LogP contribution in [0.15, 0.2) is 54.7 Å². The van der Waals surface area contributed by atoms with E-state index < -0.39 is 0 Å². The van der Waals surface area contributed by atoms with Gasteiger partial charge in [0.15, 0.2) is 0 Å². The zero-order valence-electron chi connectivity index (χ0n) is 18.6. The molecule has 1 aliphatic carbocycles. The second-order valence-corrected chi connectivity index (χ2v) is 10.4. The molecule has 2 aromatic carbocycles. The molecule has 1 saturated heterocycles. The van der Waals surface area contributed by atoms with Crippen LogP contribution in [0.5, 0.6) is 0 Å². The largest absolute Gasteiger partial charge is 0.299 e. The number of H-pyrrole nitrogens is 1. The minimum absolute atomic E-state index is 0.942. The number of aromatic amines is 1. The lowest BCUT2D eigenvalue weighted by Crippen LogP contribution is -2.18. The SMILES string of the molecule is Cn1ncc2ccc(-c3n[nH]c4c3Cc3sc(-c5ccc(CN6CCCC6)cc5)cc3-4)cc21. The Kier molecular flexibility index (Phi) is 4.32. The van der Waals surface area contributed by atoms with E-state index in [0.717, 1.165) is 35.1 Å². The van der Waals surface area contributed by atoms with Crippen LogP contribution in [0.1, 0.15) is 28.8 Å². The molecule has 0 radical (unpaired) electrons. The number of benzene rings is 2. The fraction of sp³-hybridized carbons (Fsp3) is 0.259. The van der Waals surface area contributed by atoms with E-state index in [1.165, 1.54) is 63.6 Å². The first-order chi connectivity index (χ1) is 16.2. The Bertz CT molecular complexity index is 1480. The molecular formula is C27H25N5S. The highest BCUT2D eigenvalue weighted by atomic mass is 32.1. The summed E-state index contributed by atoms with van der Waals surface area (Å²) in [5.41, 5.74) is 9.86. The molecule has 33 heavy (non-hydrogen) atoms. The number of fused-ring (bicyclic) bond motifs is 4. The Labute approximate surface area is 196 Å². The zero-order chi connectivity index (χ0) is 21.9. The molecule has 5 aromatic rings. The average Bonchev–Trinajstić information content (AvgIpc) is 3.63. The molecule has 7 rings (SSSR count). The van der Waals surface area contributed by atoms with Crippen LogP contribution in [0.4, 0.5) is 0 Å². The van der Waals surface area contributed by atoms with E-state index in [9.17, 15) is 0 Å². The van der Waals surface area contributed by atoms with E-state index in [-0.39, 0.29) is 0 Å². The van der Waals surface area contributed by atoms with Gasteiger partial charge in [-0.05, 0) is 49.2 Å². The highest BCUT2D eigenvalue weighted by molar-refractivity contribution is 7.16. The zero-order valence-corrected chi connectivity index (χ0v) is 19.5. The van der Waals surface area contributed by atoms with Crippen molar-refractivity contribution in [2.45, 2.75) is 25.8 Å². The maximum atomic E-state index is 4.72. The summed E-state index contributed by atoms with van der Waals surface area (Å²) in [6.07, 6.45) is 5.53. The van der Waals surface area contributed by atoms with E-state index in [1.807, 2.05) is 29.3 Å². The summed E-state index contributed by atoms with van der Waals surface area (Å²) < 4.78 is 1.92. The van der Waals surface area contributed by atoms with Gasteiger partial charge in [0.05, 0.1) is 23.1 Å². The van der Waals surface area contributed by atoms with Crippen molar-refractivity contribution < 1.29 is 0 Å². The molecule has 0 atom stereocenters. The highest BCUT2D eigenvalue weighted by Crippen LogP contribution is 2.46. The third-order valence-corrected chi connectivity index (χ3v) is 8.33. The molecule has 1 aliphatic heterocycles. The number of aromatic nitrogens is 4. The van der Waals surface area contributed by atoms with Crippen LogP contribution in [0.2, 0.25) is 0 Å². The smallest absolute Gasteiger partial charge is 0.0963 e. The molecule has 4 heterocycles. The molecular weight excluding hydrogens is 426 g/mol. The molecule has 3 aromatic heterocycles. The summed E-state index contributed by atoms with van der Waals surface area (Å²) in [7, 11) is 1.99. The molecule has 1 N–H and O–H groups in total. The molecule has 2 aliphatic rings. The van der Waals surface area contributed by atoms with Gasteiger partial charge < -0.3 is 0 Å². The molecule has 0 saturated carbocycles. The number of thiophene rings is 1. The van der Waals surface area contributed by atoms with Crippen LogP contribution in [0.25, 0.3) is 43.9 Å². The summed E-state index contributed by atoms with van der Waals surface area (Å²) in [6.45, 7) is 3.56. The Morgan fingerprint density at radius 1 is 1.00 bits per heavy atom. The number of nitrogens with one attached hydrogen (secondary N) is 1.